The van der Waals surface area contributed by atoms with E-state index in [1.807, 2.05) is 45.8 Å². The third-order valence-electron chi connectivity index (χ3n) is 17.8. The summed E-state index contributed by atoms with van der Waals surface area (Å²) in [5, 5.41) is 51.2. The highest BCUT2D eigenvalue weighted by Crippen LogP contribution is 2.40. The Morgan fingerprint density at radius 1 is 0.479 bits per heavy atom. The van der Waals surface area contributed by atoms with Crippen molar-refractivity contribution in [1.29, 1.82) is 0 Å². The molecule has 496 valence electrons. The van der Waals surface area contributed by atoms with Gasteiger partial charge in [0.1, 0.15) is 35.7 Å². The third-order valence-corrected chi connectivity index (χ3v) is 17.8. The van der Waals surface area contributed by atoms with Gasteiger partial charge in [0.15, 0.2) is 11.3 Å². The molecule has 0 radical (unpaired) electrons. The molecule has 2 saturated carbocycles. The minimum absolute atomic E-state index is 0.166. The van der Waals surface area contributed by atoms with E-state index >= 15 is 0 Å². The van der Waals surface area contributed by atoms with Crippen LogP contribution >= 0.6 is 0 Å². The highest BCUT2D eigenvalue weighted by molar-refractivity contribution is 6.01. The van der Waals surface area contributed by atoms with Gasteiger partial charge in [-0.2, -0.15) is 10.2 Å². The molecule has 12 rings (SSSR count). The number of piperazine rings is 2. The van der Waals surface area contributed by atoms with Crippen LogP contribution in [0.5, 0.6) is 0 Å². The lowest BCUT2D eigenvalue weighted by molar-refractivity contribution is -0.140. The maximum Gasteiger partial charge on any atom is 0.311 e. The smallest absolute Gasteiger partial charge is 0.311 e. The van der Waals surface area contributed by atoms with Crippen molar-refractivity contribution in [3.63, 3.8) is 0 Å². The molecule has 0 bridgehead atoms. The van der Waals surface area contributed by atoms with Crippen molar-refractivity contribution in [2.75, 3.05) is 88.6 Å². The van der Waals surface area contributed by atoms with E-state index in [4.69, 9.17) is 41.5 Å². The van der Waals surface area contributed by atoms with Gasteiger partial charge in [-0.3, -0.25) is 38.6 Å². The summed E-state index contributed by atoms with van der Waals surface area (Å²) >= 11 is 0. The van der Waals surface area contributed by atoms with Crippen molar-refractivity contribution < 1.29 is 49.2 Å². The number of fused-ring (bicyclic) bond motifs is 2. The van der Waals surface area contributed by atoms with E-state index in [-0.39, 0.29) is 36.7 Å². The summed E-state index contributed by atoms with van der Waals surface area (Å²) in [6.45, 7) is 11.2. The number of benzene rings is 4. The topological polar surface area (TPSA) is 360 Å². The Morgan fingerprint density at radius 3 is 1.21 bits per heavy atom. The highest BCUT2D eigenvalue weighted by atomic mass is 16.4. The summed E-state index contributed by atoms with van der Waals surface area (Å²) in [6, 6.07) is 34.1. The average molecular weight is 1290 g/mol. The Morgan fingerprint density at radius 2 is 0.840 bits per heavy atom. The SMILES string of the molecule is CC(=O)O.CC(=O)O.CN1CCN(C2CCC(n3nc(-c4ccc(NC(=O)C(CC(=O)O)c5ccccc5)cc4)c4c(N)ncnc43)CC2)CC1.CN1CCN(C2CCC(n3nc(-c4ccc(NC(=O)CC(C(=O)O)c5ccccc5)cc4)c4c(N)ncnc43)CC2)CC1. The van der Waals surface area contributed by atoms with Gasteiger partial charge in [0.2, 0.25) is 11.8 Å². The molecule has 6 heterocycles. The number of hydrogen-bond acceptors (Lipinski definition) is 18. The maximum atomic E-state index is 13.1. The summed E-state index contributed by atoms with van der Waals surface area (Å²) in [5.41, 5.74) is 19.7. The van der Waals surface area contributed by atoms with E-state index in [0.717, 1.165) is 151 Å². The first-order chi connectivity index (χ1) is 45.2. The summed E-state index contributed by atoms with van der Waals surface area (Å²) in [4.78, 5) is 95.0. The molecular weight excluding hydrogens is 1200 g/mol. The molecule has 0 spiro atoms. The number of carbonyl (C=O) groups is 6. The number of aromatic nitrogens is 8. The molecule has 2 amide bonds. The fourth-order valence-electron chi connectivity index (χ4n) is 12.9. The monoisotopic (exact) mass is 1280 g/mol. The Bertz CT molecular complexity index is 3840. The van der Waals surface area contributed by atoms with Crippen LogP contribution < -0.4 is 22.1 Å². The number of anilines is 4. The number of carboxylic acid groups (broad SMARTS) is 4. The van der Waals surface area contributed by atoms with Crippen molar-refractivity contribution in [1.82, 2.24) is 59.1 Å². The molecule has 26 heteroatoms. The van der Waals surface area contributed by atoms with Crippen LogP contribution in [0.25, 0.3) is 44.6 Å². The highest BCUT2D eigenvalue weighted by Gasteiger charge is 2.34. The number of nitrogens with two attached hydrogens (primary N) is 2. The molecule has 2 saturated heterocycles. The van der Waals surface area contributed by atoms with Crippen LogP contribution in [0.4, 0.5) is 23.0 Å². The molecular formula is C68H84N16O10. The Balaban J connectivity index is 0.000000199. The van der Waals surface area contributed by atoms with Crippen LogP contribution in [-0.4, -0.2) is 194 Å². The zero-order chi connectivity index (χ0) is 67.0. The van der Waals surface area contributed by atoms with Gasteiger partial charge in [0.25, 0.3) is 11.9 Å². The molecule has 10 N–H and O–H groups in total. The van der Waals surface area contributed by atoms with Gasteiger partial charge in [-0.05, 0) is 101 Å². The number of carboxylic acids is 4. The van der Waals surface area contributed by atoms with E-state index in [0.29, 0.717) is 57.6 Å². The number of likely N-dealkylation sites (N-methyl/N-ethyl adjacent to an activating group) is 2. The van der Waals surface area contributed by atoms with Crippen molar-refractivity contribution in [3.05, 3.63) is 133 Å². The Kier molecular flexibility index (Phi) is 23.5. The predicted octanol–water partition coefficient (Wildman–Crippen LogP) is 8.19. The first-order valence-corrected chi connectivity index (χ1v) is 31.8. The molecule has 94 heavy (non-hydrogen) atoms. The van der Waals surface area contributed by atoms with Gasteiger partial charge in [-0.25, -0.2) is 29.3 Å². The number of nitrogens with zero attached hydrogens (tertiary/aromatic N) is 12. The normalized spacial score (nSPS) is 19.4. The van der Waals surface area contributed by atoms with Crippen molar-refractivity contribution >= 4 is 80.8 Å². The molecule has 4 aromatic heterocycles. The maximum absolute atomic E-state index is 13.1. The molecule has 8 aromatic rings. The van der Waals surface area contributed by atoms with Gasteiger partial charge < -0.3 is 52.3 Å². The lowest BCUT2D eigenvalue weighted by atomic mass is 9.90. The lowest BCUT2D eigenvalue weighted by Crippen LogP contribution is -2.49. The molecule has 26 nitrogen and oxygen atoms in total. The van der Waals surface area contributed by atoms with Crippen LogP contribution in [-0.2, 0) is 28.8 Å². The molecule has 4 aromatic carbocycles. The second-order valence-electron chi connectivity index (χ2n) is 24.4. The number of nitrogen functional groups attached to an aromatic ring is 2. The summed E-state index contributed by atoms with van der Waals surface area (Å²) in [5.74, 6) is -5.44. The first-order valence-electron chi connectivity index (χ1n) is 31.8. The summed E-state index contributed by atoms with van der Waals surface area (Å²) < 4.78 is 4.07. The minimum atomic E-state index is -1.04. The molecule has 2 aliphatic heterocycles. The molecule has 2 unspecified atom stereocenters. The van der Waals surface area contributed by atoms with E-state index in [9.17, 15) is 29.4 Å². The van der Waals surface area contributed by atoms with Gasteiger partial charge in [0, 0.05) is 107 Å². The standard InChI is InChI=1S/2C32H38N8O3.2C2H4O2/c1-38-15-17-39(18-16-38)24-11-13-25(14-12-24)40-31-28(30(33)34-20-35-31)29(37-40)22-7-9-23(10-8-22)36-32(43)26(19-27(41)42)21-5-3-2-4-6-21;1-38-15-17-39(18-16-38)24-11-13-25(14-12-24)40-31-28(30(33)34-20-35-31)29(37-40)22-7-9-23(10-8-22)36-27(41)19-26(32(42)43)21-5-3-2-4-6-21;2*1-2(3)4/h2-10,20,24-26H,11-19H2,1H3,(H,36,43)(H,41,42)(H2,33,34,35);2-10,20,24-26H,11-19H2,1H3,(H,36,41)(H,42,43)(H2,33,34,35);2*1H3,(H,3,4). The number of carbonyl (C=O) groups excluding carboxylic acids is 2. The molecule has 4 aliphatic rings. The van der Waals surface area contributed by atoms with E-state index in [1.165, 1.54) is 12.7 Å². The second-order valence-corrected chi connectivity index (χ2v) is 24.4. The summed E-state index contributed by atoms with van der Waals surface area (Å²) in [6.07, 6.45) is 11.2. The van der Waals surface area contributed by atoms with Crippen molar-refractivity contribution in [2.45, 2.75) is 114 Å². The average Bonchev–Trinajstić information content (AvgIpc) is 1.62. The Hall–Kier alpha value is -9.76. The van der Waals surface area contributed by atoms with Crippen LogP contribution in [0, 0.1) is 0 Å². The number of aliphatic carboxylic acids is 4. The largest absolute Gasteiger partial charge is 0.481 e. The van der Waals surface area contributed by atoms with Crippen LogP contribution in [0.1, 0.15) is 113 Å². The minimum Gasteiger partial charge on any atom is -0.481 e. The van der Waals surface area contributed by atoms with Gasteiger partial charge in [0.05, 0.1) is 41.1 Å². The lowest BCUT2D eigenvalue weighted by Gasteiger charge is -2.41. The number of rotatable bonds is 16. The zero-order valence-corrected chi connectivity index (χ0v) is 53.5. The fourth-order valence-corrected chi connectivity index (χ4v) is 12.9. The van der Waals surface area contributed by atoms with Crippen molar-refractivity contribution in [2.24, 2.45) is 0 Å². The summed E-state index contributed by atoms with van der Waals surface area (Å²) in [7, 11) is 4.38. The predicted molar refractivity (Wildman–Crippen MR) is 358 cm³/mol. The first kappa shape index (κ1) is 68.6. The number of nitrogens with one attached hydrogen (secondary N) is 2. The van der Waals surface area contributed by atoms with Gasteiger partial charge in [-0.15, -0.1) is 0 Å². The molecule has 2 atom stereocenters. The van der Waals surface area contributed by atoms with E-state index < -0.39 is 35.7 Å². The molecule has 4 fully saturated rings. The van der Waals surface area contributed by atoms with Crippen molar-refractivity contribution in [3.8, 4) is 22.5 Å². The zero-order valence-electron chi connectivity index (χ0n) is 53.5. The second kappa shape index (κ2) is 32.2. The quantitative estimate of drug-likeness (QED) is 0.0452. The van der Waals surface area contributed by atoms with Gasteiger partial charge >= 0.3 is 11.9 Å². The van der Waals surface area contributed by atoms with E-state index in [2.05, 4.69) is 64.3 Å². The molecule has 2 aliphatic carbocycles. The van der Waals surface area contributed by atoms with E-state index in [1.54, 1.807) is 72.8 Å². The number of hydrogen-bond donors (Lipinski definition) is 8. The van der Waals surface area contributed by atoms with Crippen LogP contribution in [0.3, 0.4) is 0 Å². The Labute approximate surface area is 545 Å². The fraction of sp³-hybridized carbons (Fsp3) is 0.412. The third kappa shape index (κ3) is 17.9. The number of amides is 2. The van der Waals surface area contributed by atoms with Gasteiger partial charge in [-0.1, -0.05) is 84.9 Å². The van der Waals surface area contributed by atoms with Crippen LogP contribution in [0.15, 0.2) is 122 Å². The van der Waals surface area contributed by atoms with Crippen LogP contribution in [0.2, 0.25) is 0 Å².